The fraction of sp³-hybridized carbons (Fsp3) is 0.538. The molecule has 0 aliphatic carbocycles. The van der Waals surface area contributed by atoms with Crippen molar-refractivity contribution in [3.8, 4) is 0 Å². The molecule has 3 rings (SSSR count). The molecule has 0 saturated carbocycles. The highest BCUT2D eigenvalue weighted by Crippen LogP contribution is 2.40. The summed E-state index contributed by atoms with van der Waals surface area (Å²) in [4.78, 5) is 28.8. The van der Waals surface area contributed by atoms with Gasteiger partial charge in [0.25, 0.3) is 5.91 Å². The second-order valence-electron chi connectivity index (χ2n) is 14.0. The molecule has 0 heterocycles. The average molecular weight is 647 g/mol. The van der Waals surface area contributed by atoms with Crippen molar-refractivity contribution in [1.29, 1.82) is 0 Å². The first-order valence-corrected chi connectivity index (χ1v) is 19.3. The second-order valence-corrected chi connectivity index (χ2v) is 16.1. The Labute approximate surface area is 279 Å². The van der Waals surface area contributed by atoms with Crippen LogP contribution in [0.1, 0.15) is 81.5 Å². The molecule has 0 bridgehead atoms. The van der Waals surface area contributed by atoms with Crippen LogP contribution in [0.4, 0.5) is 0 Å². The fourth-order valence-electron chi connectivity index (χ4n) is 6.09. The van der Waals surface area contributed by atoms with E-state index in [1.165, 1.54) is 33.0 Å². The van der Waals surface area contributed by atoms with E-state index in [0.717, 1.165) is 51.4 Å². The van der Waals surface area contributed by atoms with Crippen molar-refractivity contribution in [2.75, 3.05) is 20.2 Å². The summed E-state index contributed by atoms with van der Waals surface area (Å²) in [5.74, 6) is -1.48. The normalized spacial score (nSPS) is 13.9. The number of unbranched alkanes of at least 4 members (excludes halogenated alkanes) is 4. The highest BCUT2D eigenvalue weighted by molar-refractivity contribution is 6.48. The van der Waals surface area contributed by atoms with Crippen molar-refractivity contribution in [3.63, 3.8) is 0 Å². The molecule has 46 heavy (non-hydrogen) atoms. The summed E-state index contributed by atoms with van der Waals surface area (Å²) >= 11 is 0. The molecule has 1 radical (unpaired) electrons. The third kappa shape index (κ3) is 10.00. The molecular weight excluding hydrogens is 591 g/mol. The summed E-state index contributed by atoms with van der Waals surface area (Å²) < 4.78 is 12.6. The summed E-state index contributed by atoms with van der Waals surface area (Å²) in [5.41, 5.74) is 2.55. The Balaban J connectivity index is 1.62. The second kappa shape index (κ2) is 17.2. The van der Waals surface area contributed by atoms with Crippen LogP contribution in [0.3, 0.4) is 0 Å². The van der Waals surface area contributed by atoms with Crippen LogP contribution in [-0.4, -0.2) is 62.8 Å². The van der Waals surface area contributed by atoms with Crippen molar-refractivity contribution in [2.24, 2.45) is 5.41 Å². The van der Waals surface area contributed by atoms with Crippen molar-refractivity contribution in [3.05, 3.63) is 82.9 Å². The van der Waals surface area contributed by atoms with Gasteiger partial charge in [0.1, 0.15) is 0 Å². The van der Waals surface area contributed by atoms with Crippen LogP contribution in [0.2, 0.25) is 13.1 Å². The molecule has 3 aromatic carbocycles. The Kier molecular flexibility index (Phi) is 14.0. The van der Waals surface area contributed by atoms with Crippen LogP contribution in [0.25, 0.3) is 10.8 Å². The van der Waals surface area contributed by atoms with Crippen LogP contribution in [0.15, 0.2) is 60.7 Å². The van der Waals surface area contributed by atoms with Crippen molar-refractivity contribution in [1.82, 2.24) is 4.90 Å². The molecule has 0 fully saturated rings. The zero-order valence-electron chi connectivity index (χ0n) is 29.4. The summed E-state index contributed by atoms with van der Waals surface area (Å²) in [6.45, 7) is 14.4. The Morgan fingerprint density at radius 2 is 1.41 bits per heavy atom. The number of rotatable bonds is 18. The molecule has 7 heteroatoms. The van der Waals surface area contributed by atoms with Gasteiger partial charge >= 0.3 is 5.97 Å². The number of carbonyl (C=O) groups excluding carboxylic acids is 1. The molecule has 0 aliphatic heterocycles. The Bertz CT molecular complexity index is 1430. The number of carboxylic acids is 1. The van der Waals surface area contributed by atoms with E-state index >= 15 is 0 Å². The lowest BCUT2D eigenvalue weighted by molar-refractivity contribution is -0.199. The maximum Gasteiger partial charge on any atom is 0.338 e. The number of aliphatic carboxylic acids is 1. The molecule has 0 aromatic heterocycles. The molecule has 6 nitrogen and oxygen atoms in total. The van der Waals surface area contributed by atoms with Gasteiger partial charge in [-0.25, -0.2) is 4.79 Å². The van der Waals surface area contributed by atoms with Crippen molar-refractivity contribution in [2.45, 2.75) is 111 Å². The number of likely N-dealkylation sites (N-methyl/N-ethyl adjacent to an activating group) is 1. The number of nitrogens with zero attached hydrogens (tertiary/aromatic N) is 1. The van der Waals surface area contributed by atoms with Gasteiger partial charge < -0.3 is 19.2 Å². The van der Waals surface area contributed by atoms with Gasteiger partial charge in [-0.2, -0.15) is 0 Å². The minimum atomic E-state index is -1.80. The third-order valence-electron chi connectivity index (χ3n) is 9.01. The first-order valence-electron chi connectivity index (χ1n) is 16.9. The number of benzene rings is 3. The zero-order valence-corrected chi connectivity index (χ0v) is 30.4. The van der Waals surface area contributed by atoms with Crippen molar-refractivity contribution >= 4 is 31.7 Å². The molecule has 1 N–H and O–H groups in total. The number of ether oxygens (including phenoxy) is 1. The summed E-state index contributed by atoms with van der Waals surface area (Å²) in [6, 6.07) is 21.6. The van der Waals surface area contributed by atoms with Gasteiger partial charge in [-0.05, 0) is 98.5 Å². The number of aryl methyl sites for hydroxylation is 4. The minimum Gasteiger partial charge on any atom is -0.479 e. The fourth-order valence-corrected chi connectivity index (χ4v) is 7.23. The predicted octanol–water partition coefficient (Wildman–Crippen LogP) is 8.56. The molecule has 1 amide bonds. The van der Waals surface area contributed by atoms with E-state index in [1.54, 1.807) is 11.9 Å². The number of fused-ring (bicyclic) bond motifs is 1. The largest absolute Gasteiger partial charge is 0.479 e. The smallest absolute Gasteiger partial charge is 0.338 e. The lowest BCUT2D eigenvalue weighted by atomic mass is 9.72. The molecule has 251 valence electrons. The molecule has 2 atom stereocenters. The zero-order chi connectivity index (χ0) is 33.9. The molecule has 0 spiro atoms. The highest BCUT2D eigenvalue weighted by Gasteiger charge is 2.60. The number of carboxylic acid groups (broad SMARTS) is 1. The predicted molar refractivity (Wildman–Crippen MR) is 191 cm³/mol. The Morgan fingerprint density at radius 3 is 2.02 bits per heavy atom. The minimum absolute atomic E-state index is 0.299. The number of carbonyl (C=O) groups is 2. The van der Waals surface area contributed by atoms with E-state index in [1.807, 2.05) is 33.9 Å². The van der Waals surface area contributed by atoms with E-state index in [-0.39, 0.29) is 5.91 Å². The first kappa shape index (κ1) is 37.5. The van der Waals surface area contributed by atoms with Crippen LogP contribution < -0.4 is 0 Å². The topological polar surface area (TPSA) is 76.1 Å². The number of amides is 1. The van der Waals surface area contributed by atoms with Gasteiger partial charge in [0.05, 0.1) is 0 Å². The maximum absolute atomic E-state index is 14.1. The van der Waals surface area contributed by atoms with E-state index in [4.69, 9.17) is 9.16 Å². The van der Waals surface area contributed by atoms with Gasteiger partial charge in [0.15, 0.2) is 11.7 Å². The highest BCUT2D eigenvalue weighted by atomic mass is 28.3. The van der Waals surface area contributed by atoms with Crippen LogP contribution >= 0.6 is 0 Å². The third-order valence-corrected chi connectivity index (χ3v) is 9.74. The van der Waals surface area contributed by atoms with Crippen LogP contribution in [0.5, 0.6) is 0 Å². The first-order chi connectivity index (χ1) is 21.8. The number of hydrogen-bond acceptors (Lipinski definition) is 4. The quantitative estimate of drug-likeness (QED) is 0.111. The van der Waals surface area contributed by atoms with E-state index < -0.39 is 32.1 Å². The van der Waals surface area contributed by atoms with Gasteiger partial charge in [-0.15, -0.1) is 0 Å². The molecule has 0 saturated heterocycles. The van der Waals surface area contributed by atoms with Gasteiger partial charge in [-0.1, -0.05) is 94.3 Å². The maximum atomic E-state index is 14.1. The van der Waals surface area contributed by atoms with E-state index in [0.29, 0.717) is 13.2 Å². The van der Waals surface area contributed by atoms with Gasteiger partial charge in [0, 0.05) is 25.6 Å². The molecule has 3 aromatic rings. The molecule has 0 aliphatic rings. The Morgan fingerprint density at radius 1 is 0.804 bits per heavy atom. The van der Waals surface area contributed by atoms with Crippen LogP contribution in [-0.2, 0) is 31.6 Å². The van der Waals surface area contributed by atoms with E-state index in [9.17, 15) is 14.7 Å². The summed E-state index contributed by atoms with van der Waals surface area (Å²) in [5, 5.41) is 13.2. The SMILES string of the molecule is Cc1ccc(CCCCCO[C@@H](C(=O)N(C)CCCCCc2ccc3ccccc3c2)[C@@](O[Si](C)C)(C(=O)O)C(C)(C)C)cc1C. The Hall–Kier alpha value is -3.00. The monoisotopic (exact) mass is 646 g/mol. The lowest BCUT2D eigenvalue weighted by Gasteiger charge is -2.46. The summed E-state index contributed by atoms with van der Waals surface area (Å²) in [7, 11) is 0.263. The van der Waals surface area contributed by atoms with Gasteiger partial charge in [0.2, 0.25) is 9.04 Å². The van der Waals surface area contributed by atoms with Gasteiger partial charge in [-0.3, -0.25) is 4.79 Å². The number of hydrogen-bond donors (Lipinski definition) is 1. The standard InChI is InChI=1S/C39H56NO5Si/c1-29-21-22-31(27-30(29)2)17-12-10-16-26-44-35(39(37(42)43,38(3,4)5)45-46(7)8)36(41)40(6)25-15-9-11-18-32-23-24-33-19-13-14-20-34(33)28-32/h13-14,19-24,27-28,35H,9-12,15-18,25-26H2,1-8H3,(H,42,43)/t35-,39+/m0/s1. The molecule has 0 unspecified atom stereocenters. The van der Waals surface area contributed by atoms with E-state index in [2.05, 4.69) is 74.5 Å². The lowest BCUT2D eigenvalue weighted by Crippen LogP contribution is -2.66. The van der Waals surface area contributed by atoms with Crippen molar-refractivity contribution < 1.29 is 23.9 Å². The molecular formula is C39H56NO5Si. The average Bonchev–Trinajstić information content (AvgIpc) is 3.00. The van der Waals surface area contributed by atoms with Crippen LogP contribution in [0, 0.1) is 19.3 Å². The summed E-state index contributed by atoms with van der Waals surface area (Å²) in [6.07, 6.45) is 6.19.